The fraction of sp³-hybridized carbons (Fsp3) is 0.429. The third-order valence-electron chi connectivity index (χ3n) is 6.32. The highest BCUT2D eigenvalue weighted by atomic mass is 31.1. The zero-order valence-electron chi connectivity index (χ0n) is 13.5. The van der Waals surface area contributed by atoms with Crippen molar-refractivity contribution in [1.82, 2.24) is 0 Å². The van der Waals surface area contributed by atoms with Gasteiger partial charge in [0.25, 0.3) is 0 Å². The summed E-state index contributed by atoms with van der Waals surface area (Å²) in [6.45, 7) is 0. The Morgan fingerprint density at radius 1 is 0.826 bits per heavy atom. The summed E-state index contributed by atoms with van der Waals surface area (Å²) in [4.78, 5) is 9.82. The second-order valence-corrected chi connectivity index (χ2v) is 7.99. The zero-order valence-corrected chi connectivity index (χ0v) is 14.5. The Hall–Kier alpha value is -1.17. The molecule has 0 saturated heterocycles. The van der Waals surface area contributed by atoms with Gasteiger partial charge >= 0.3 is 0 Å². The lowest BCUT2D eigenvalue weighted by molar-refractivity contribution is 0.232. The first-order valence-corrected chi connectivity index (χ1v) is 9.84. The molecular formula is C21H25OP. The van der Waals surface area contributed by atoms with Crippen molar-refractivity contribution in [3.05, 3.63) is 65.7 Å². The molecule has 0 bridgehead atoms. The minimum absolute atomic E-state index is 0.0866. The number of hydrogen-bond donors (Lipinski definition) is 1. The van der Waals surface area contributed by atoms with Crippen molar-refractivity contribution in [2.24, 2.45) is 5.41 Å². The van der Waals surface area contributed by atoms with Crippen molar-refractivity contribution >= 4 is 14.1 Å². The maximum Gasteiger partial charge on any atom is 0.0422 e. The van der Waals surface area contributed by atoms with Gasteiger partial charge in [-0.2, -0.15) is 0 Å². The van der Waals surface area contributed by atoms with Crippen molar-refractivity contribution < 1.29 is 4.89 Å². The Morgan fingerprint density at radius 3 is 2.22 bits per heavy atom. The molecule has 1 N–H and O–H groups in total. The minimum atomic E-state index is -0.0866. The summed E-state index contributed by atoms with van der Waals surface area (Å²) in [5.74, 6) is 1.30. The summed E-state index contributed by atoms with van der Waals surface area (Å²) in [5, 5.41) is 1.16. The van der Waals surface area contributed by atoms with E-state index in [4.69, 9.17) is 0 Å². The summed E-state index contributed by atoms with van der Waals surface area (Å²) in [6, 6.07) is 19.8. The van der Waals surface area contributed by atoms with Crippen LogP contribution in [-0.4, -0.2) is 4.89 Å². The highest BCUT2D eigenvalue weighted by Crippen LogP contribution is 2.64. The molecule has 0 heterocycles. The molecule has 0 amide bonds. The lowest BCUT2D eigenvalue weighted by Gasteiger charge is -2.39. The molecule has 2 aromatic carbocycles. The molecule has 1 nitrogen and oxygen atoms in total. The van der Waals surface area contributed by atoms with Crippen LogP contribution in [0.15, 0.2) is 54.6 Å². The highest BCUT2D eigenvalue weighted by Gasteiger charge is 2.51. The van der Waals surface area contributed by atoms with E-state index in [0.717, 1.165) is 5.30 Å². The predicted molar refractivity (Wildman–Crippen MR) is 98.7 cm³/mol. The van der Waals surface area contributed by atoms with Gasteiger partial charge in [0.05, 0.1) is 0 Å². The molecule has 0 aromatic heterocycles. The number of benzene rings is 2. The monoisotopic (exact) mass is 324 g/mol. The molecule has 2 aliphatic rings. The Bertz CT molecular complexity index is 665. The smallest absolute Gasteiger partial charge is 0.0422 e. The molecule has 2 saturated carbocycles. The van der Waals surface area contributed by atoms with Gasteiger partial charge in [0, 0.05) is 14.1 Å². The van der Waals surface area contributed by atoms with Gasteiger partial charge in [0.1, 0.15) is 0 Å². The Labute approximate surface area is 141 Å². The molecule has 4 rings (SSSR count). The second kappa shape index (κ2) is 6.38. The topological polar surface area (TPSA) is 20.2 Å². The van der Waals surface area contributed by atoms with Gasteiger partial charge in [-0.15, -0.1) is 0 Å². The first kappa shape index (κ1) is 15.4. The Morgan fingerprint density at radius 2 is 1.48 bits per heavy atom. The van der Waals surface area contributed by atoms with E-state index in [0.29, 0.717) is 17.3 Å². The predicted octanol–water partition coefficient (Wildman–Crippen LogP) is 5.12. The summed E-state index contributed by atoms with van der Waals surface area (Å²) in [7, 11) is -0.0866. The second-order valence-electron chi connectivity index (χ2n) is 7.23. The summed E-state index contributed by atoms with van der Waals surface area (Å²) in [5.41, 5.74) is 3.37. The van der Waals surface area contributed by atoms with Crippen LogP contribution in [0.4, 0.5) is 0 Å². The van der Waals surface area contributed by atoms with Crippen LogP contribution in [0.5, 0.6) is 0 Å². The molecule has 2 fully saturated rings. The molecule has 23 heavy (non-hydrogen) atoms. The third-order valence-corrected chi connectivity index (χ3v) is 7.01. The van der Waals surface area contributed by atoms with Gasteiger partial charge in [0.15, 0.2) is 0 Å². The fourth-order valence-electron chi connectivity index (χ4n) is 5.46. The first-order valence-electron chi connectivity index (χ1n) is 8.89. The van der Waals surface area contributed by atoms with Crippen molar-refractivity contribution in [3.8, 4) is 0 Å². The standard InChI is InChI=1S/C21H25OP/c22-23-20-13-5-4-10-17(20)19-12-7-15-21(19)14-6-11-18(21)16-8-2-1-3-9-16/h1-5,8-10,13,18-19,22-23H,6-7,11-12,14-15H2/t18-,19-,21+/m0/s1. The van der Waals surface area contributed by atoms with Gasteiger partial charge in [-0.05, 0) is 54.1 Å². The van der Waals surface area contributed by atoms with E-state index in [1.807, 2.05) is 0 Å². The molecule has 0 aliphatic heterocycles. The fourth-order valence-corrected chi connectivity index (χ4v) is 6.02. The molecular weight excluding hydrogens is 299 g/mol. The quantitative estimate of drug-likeness (QED) is 0.777. The van der Waals surface area contributed by atoms with Crippen LogP contribution >= 0.6 is 8.81 Å². The van der Waals surface area contributed by atoms with E-state index < -0.39 is 0 Å². The lowest BCUT2D eigenvalue weighted by Crippen LogP contribution is -2.29. The van der Waals surface area contributed by atoms with Crippen molar-refractivity contribution in [3.63, 3.8) is 0 Å². The van der Waals surface area contributed by atoms with Crippen molar-refractivity contribution in [2.45, 2.75) is 50.4 Å². The van der Waals surface area contributed by atoms with Crippen LogP contribution in [-0.2, 0) is 0 Å². The average Bonchev–Trinajstić information content (AvgIpc) is 3.23. The Balaban J connectivity index is 1.76. The Kier molecular flexibility index (Phi) is 4.26. The molecule has 2 aromatic rings. The van der Waals surface area contributed by atoms with Crippen molar-refractivity contribution in [2.75, 3.05) is 0 Å². The zero-order chi connectivity index (χ0) is 15.7. The normalized spacial score (nSPS) is 30.7. The molecule has 1 unspecified atom stereocenters. The molecule has 2 aliphatic carbocycles. The SMILES string of the molecule is OPc1ccccc1[C@@H]1CCC[C@@]12CCC[C@H]2c1ccccc1. The molecule has 0 radical (unpaired) electrons. The maximum absolute atomic E-state index is 9.82. The van der Waals surface area contributed by atoms with Crippen LogP contribution in [0.2, 0.25) is 0 Å². The van der Waals surface area contributed by atoms with Crippen LogP contribution in [0, 0.1) is 5.41 Å². The van der Waals surface area contributed by atoms with E-state index in [2.05, 4.69) is 54.6 Å². The first-order chi connectivity index (χ1) is 11.3. The summed E-state index contributed by atoms with van der Waals surface area (Å²) < 4.78 is 0. The van der Waals surface area contributed by atoms with E-state index in [1.165, 1.54) is 49.7 Å². The van der Waals surface area contributed by atoms with Gasteiger partial charge in [-0.3, -0.25) is 0 Å². The number of hydrogen-bond acceptors (Lipinski definition) is 1. The summed E-state index contributed by atoms with van der Waals surface area (Å²) >= 11 is 0. The van der Waals surface area contributed by atoms with E-state index in [-0.39, 0.29) is 8.81 Å². The van der Waals surface area contributed by atoms with Gasteiger partial charge in [-0.1, -0.05) is 67.4 Å². The van der Waals surface area contributed by atoms with E-state index in [9.17, 15) is 4.89 Å². The third kappa shape index (κ3) is 2.55. The van der Waals surface area contributed by atoms with E-state index >= 15 is 0 Å². The van der Waals surface area contributed by atoms with Gasteiger partial charge in [0.2, 0.25) is 0 Å². The van der Waals surface area contributed by atoms with E-state index in [1.54, 1.807) is 0 Å². The van der Waals surface area contributed by atoms with Gasteiger partial charge < -0.3 is 4.89 Å². The van der Waals surface area contributed by atoms with Crippen molar-refractivity contribution in [1.29, 1.82) is 0 Å². The van der Waals surface area contributed by atoms with Crippen LogP contribution in [0.1, 0.15) is 61.5 Å². The summed E-state index contributed by atoms with van der Waals surface area (Å²) in [6.07, 6.45) is 7.98. The maximum atomic E-state index is 9.82. The molecule has 120 valence electrons. The highest BCUT2D eigenvalue weighted by molar-refractivity contribution is 7.41. The molecule has 4 atom stereocenters. The largest absolute Gasteiger partial charge is 0.372 e. The lowest BCUT2D eigenvalue weighted by atomic mass is 9.65. The van der Waals surface area contributed by atoms with Gasteiger partial charge in [-0.25, -0.2) is 0 Å². The molecule has 2 heteroatoms. The minimum Gasteiger partial charge on any atom is -0.372 e. The van der Waals surface area contributed by atoms with Crippen LogP contribution < -0.4 is 5.30 Å². The number of rotatable bonds is 3. The molecule has 1 spiro atoms. The van der Waals surface area contributed by atoms with Crippen LogP contribution in [0.25, 0.3) is 0 Å². The van der Waals surface area contributed by atoms with Crippen LogP contribution in [0.3, 0.4) is 0 Å². The average molecular weight is 324 g/mol.